The summed E-state index contributed by atoms with van der Waals surface area (Å²) in [6.45, 7) is 0.556. The van der Waals surface area contributed by atoms with Gasteiger partial charge >= 0.3 is 0 Å². The lowest BCUT2D eigenvalue weighted by Gasteiger charge is -2.27. The Kier molecular flexibility index (Phi) is 3.98. The molecule has 2 aromatic rings. The van der Waals surface area contributed by atoms with Crippen LogP contribution in [0.4, 0.5) is 0 Å². The Morgan fingerprint density at radius 1 is 1.40 bits per heavy atom. The second-order valence-corrected chi connectivity index (χ2v) is 6.24. The van der Waals surface area contributed by atoms with Crippen molar-refractivity contribution in [2.45, 2.75) is 31.8 Å². The maximum Gasteiger partial charge on any atom is 0.251 e. The molecule has 1 aliphatic carbocycles. The molecule has 5 heteroatoms. The number of fused-ring (bicyclic) bond motifs is 1. The van der Waals surface area contributed by atoms with Crippen molar-refractivity contribution in [2.75, 3.05) is 6.54 Å². The smallest absolute Gasteiger partial charge is 0.251 e. The molecule has 0 bridgehead atoms. The van der Waals surface area contributed by atoms with Crippen LogP contribution in [0.5, 0.6) is 0 Å². The van der Waals surface area contributed by atoms with Gasteiger partial charge < -0.3 is 10.4 Å². The summed E-state index contributed by atoms with van der Waals surface area (Å²) in [6, 6.07) is 5.55. The second-order valence-electron chi connectivity index (χ2n) is 5.36. The predicted octanol–water partition coefficient (Wildman–Crippen LogP) is 2.58. The van der Waals surface area contributed by atoms with Crippen LogP contribution < -0.4 is 5.32 Å². The summed E-state index contributed by atoms with van der Waals surface area (Å²) in [4.78, 5) is 16.4. The highest BCUT2D eigenvalue weighted by Crippen LogP contribution is 2.24. The van der Waals surface area contributed by atoms with Gasteiger partial charge in [-0.15, -0.1) is 11.3 Å². The van der Waals surface area contributed by atoms with Crippen molar-refractivity contribution in [3.63, 3.8) is 0 Å². The number of nitrogens with one attached hydrogen (secondary N) is 1. The Balaban J connectivity index is 1.63. The van der Waals surface area contributed by atoms with Crippen LogP contribution in [0.3, 0.4) is 0 Å². The van der Waals surface area contributed by atoms with E-state index in [1.54, 1.807) is 11.6 Å². The van der Waals surface area contributed by atoms with E-state index in [2.05, 4.69) is 10.3 Å². The van der Waals surface area contributed by atoms with Crippen LogP contribution in [0.25, 0.3) is 10.2 Å². The third kappa shape index (κ3) is 2.83. The van der Waals surface area contributed by atoms with E-state index in [0.29, 0.717) is 12.1 Å². The Morgan fingerprint density at radius 2 is 2.25 bits per heavy atom. The normalized spacial score (nSPS) is 22.9. The predicted molar refractivity (Wildman–Crippen MR) is 79.9 cm³/mol. The summed E-state index contributed by atoms with van der Waals surface area (Å²) in [6.07, 6.45) is 3.81. The van der Waals surface area contributed by atoms with Crippen LogP contribution in [-0.2, 0) is 0 Å². The Hall–Kier alpha value is -1.46. The number of carbonyl (C=O) groups is 1. The third-order valence-electron chi connectivity index (χ3n) is 3.99. The van der Waals surface area contributed by atoms with Crippen molar-refractivity contribution in [3.8, 4) is 0 Å². The average Bonchev–Trinajstić information content (AvgIpc) is 2.93. The maximum atomic E-state index is 12.2. The number of hydrogen-bond donors (Lipinski definition) is 2. The van der Waals surface area contributed by atoms with E-state index in [4.69, 9.17) is 0 Å². The van der Waals surface area contributed by atoms with Crippen molar-refractivity contribution in [2.24, 2.45) is 5.92 Å². The summed E-state index contributed by atoms with van der Waals surface area (Å²) >= 11 is 1.53. The van der Waals surface area contributed by atoms with E-state index in [9.17, 15) is 9.90 Å². The lowest BCUT2D eigenvalue weighted by atomic mass is 9.86. The number of nitrogens with zero attached hydrogens (tertiary/aromatic N) is 1. The maximum absolute atomic E-state index is 12.2. The first kappa shape index (κ1) is 13.5. The molecule has 106 valence electrons. The lowest BCUT2D eigenvalue weighted by Crippen LogP contribution is -2.36. The Bertz CT molecular complexity index is 611. The van der Waals surface area contributed by atoms with Gasteiger partial charge in [0.15, 0.2) is 0 Å². The van der Waals surface area contributed by atoms with Gasteiger partial charge in [0.05, 0.1) is 21.8 Å². The molecule has 0 saturated heterocycles. The van der Waals surface area contributed by atoms with Crippen LogP contribution in [-0.4, -0.2) is 28.6 Å². The molecule has 2 atom stereocenters. The highest BCUT2D eigenvalue weighted by Gasteiger charge is 2.23. The van der Waals surface area contributed by atoms with E-state index in [0.717, 1.165) is 35.9 Å². The number of amides is 1. The van der Waals surface area contributed by atoms with Crippen LogP contribution in [0.2, 0.25) is 0 Å². The molecule has 1 amide bonds. The van der Waals surface area contributed by atoms with Gasteiger partial charge in [0.2, 0.25) is 0 Å². The fraction of sp³-hybridized carbons (Fsp3) is 0.467. The van der Waals surface area contributed by atoms with Crippen molar-refractivity contribution in [1.29, 1.82) is 0 Å². The summed E-state index contributed by atoms with van der Waals surface area (Å²) in [5.41, 5.74) is 3.37. The Morgan fingerprint density at radius 3 is 3.10 bits per heavy atom. The van der Waals surface area contributed by atoms with Crippen molar-refractivity contribution >= 4 is 27.5 Å². The number of rotatable bonds is 3. The second kappa shape index (κ2) is 5.89. The topological polar surface area (TPSA) is 62.2 Å². The number of benzene rings is 1. The van der Waals surface area contributed by atoms with E-state index >= 15 is 0 Å². The van der Waals surface area contributed by atoms with Crippen LogP contribution in [0.1, 0.15) is 36.0 Å². The summed E-state index contributed by atoms with van der Waals surface area (Å²) in [5.74, 6) is 0.123. The molecular formula is C15H18N2O2S. The van der Waals surface area contributed by atoms with Gasteiger partial charge in [0.1, 0.15) is 0 Å². The van der Waals surface area contributed by atoms with Gasteiger partial charge in [0.25, 0.3) is 5.91 Å². The minimum absolute atomic E-state index is 0.0712. The zero-order valence-corrected chi connectivity index (χ0v) is 12.0. The minimum Gasteiger partial charge on any atom is -0.393 e. The molecule has 2 unspecified atom stereocenters. The molecule has 3 rings (SSSR count). The van der Waals surface area contributed by atoms with Crippen LogP contribution >= 0.6 is 11.3 Å². The molecule has 1 heterocycles. The van der Waals surface area contributed by atoms with E-state index in [-0.39, 0.29) is 17.9 Å². The van der Waals surface area contributed by atoms with Gasteiger partial charge in [-0.25, -0.2) is 4.98 Å². The molecule has 2 N–H and O–H groups in total. The van der Waals surface area contributed by atoms with Gasteiger partial charge in [-0.05, 0) is 31.0 Å². The molecule has 0 spiro atoms. The first-order chi connectivity index (χ1) is 9.74. The minimum atomic E-state index is -0.270. The number of hydrogen-bond acceptors (Lipinski definition) is 4. The van der Waals surface area contributed by atoms with E-state index < -0.39 is 0 Å². The molecule has 20 heavy (non-hydrogen) atoms. The molecule has 1 aliphatic rings. The number of aliphatic hydroxyl groups excluding tert-OH is 1. The van der Waals surface area contributed by atoms with Gasteiger partial charge in [-0.3, -0.25) is 4.79 Å². The molecule has 4 nitrogen and oxygen atoms in total. The van der Waals surface area contributed by atoms with Gasteiger partial charge in [0, 0.05) is 18.0 Å². The monoisotopic (exact) mass is 290 g/mol. The van der Waals surface area contributed by atoms with Crippen LogP contribution in [0.15, 0.2) is 23.7 Å². The molecule has 0 radical (unpaired) electrons. The largest absolute Gasteiger partial charge is 0.393 e. The number of aromatic nitrogens is 1. The first-order valence-corrected chi connectivity index (χ1v) is 7.91. The average molecular weight is 290 g/mol. The number of carbonyl (C=O) groups excluding carboxylic acids is 1. The quantitative estimate of drug-likeness (QED) is 0.913. The number of aliphatic hydroxyl groups is 1. The zero-order valence-electron chi connectivity index (χ0n) is 11.2. The summed E-state index contributed by atoms with van der Waals surface area (Å²) in [7, 11) is 0. The Labute approximate surface area is 121 Å². The molecule has 1 saturated carbocycles. The first-order valence-electron chi connectivity index (χ1n) is 7.03. The van der Waals surface area contributed by atoms with Crippen molar-refractivity contribution in [3.05, 3.63) is 29.3 Å². The molecule has 1 aromatic heterocycles. The SMILES string of the molecule is O=C(NCC1CCCCC1O)c1ccc2ncsc2c1. The summed E-state index contributed by atoms with van der Waals surface area (Å²) < 4.78 is 1.02. The highest BCUT2D eigenvalue weighted by molar-refractivity contribution is 7.16. The number of thiazole rings is 1. The van der Waals surface area contributed by atoms with E-state index in [1.165, 1.54) is 11.3 Å². The van der Waals surface area contributed by atoms with Gasteiger partial charge in [-0.1, -0.05) is 12.8 Å². The fourth-order valence-electron chi connectivity index (χ4n) is 2.75. The molecule has 1 aromatic carbocycles. The zero-order chi connectivity index (χ0) is 13.9. The summed E-state index contributed by atoms with van der Waals surface area (Å²) in [5, 5.41) is 12.8. The standard InChI is InChI=1S/C15H18N2O2S/c18-13-4-2-1-3-11(13)8-16-15(19)10-5-6-12-14(7-10)20-9-17-12/h5-7,9,11,13,18H,1-4,8H2,(H,16,19). The van der Waals surface area contributed by atoms with Crippen molar-refractivity contribution < 1.29 is 9.90 Å². The third-order valence-corrected chi connectivity index (χ3v) is 4.78. The highest BCUT2D eigenvalue weighted by atomic mass is 32.1. The van der Waals surface area contributed by atoms with Gasteiger partial charge in [-0.2, -0.15) is 0 Å². The van der Waals surface area contributed by atoms with Crippen molar-refractivity contribution in [1.82, 2.24) is 10.3 Å². The molecule has 1 fully saturated rings. The van der Waals surface area contributed by atoms with Crippen LogP contribution in [0, 0.1) is 5.92 Å². The molecule has 0 aliphatic heterocycles. The van der Waals surface area contributed by atoms with E-state index in [1.807, 2.05) is 12.1 Å². The fourth-order valence-corrected chi connectivity index (χ4v) is 3.46. The lowest BCUT2D eigenvalue weighted by molar-refractivity contribution is 0.0663. The molecular weight excluding hydrogens is 272 g/mol.